The number of para-hydroxylation sites is 3. The summed E-state index contributed by atoms with van der Waals surface area (Å²) in [5.41, 5.74) is 2.29. The second-order valence-electron chi connectivity index (χ2n) is 8.03. The van der Waals surface area contributed by atoms with Gasteiger partial charge in [-0.05, 0) is 60.2 Å². The van der Waals surface area contributed by atoms with Crippen LogP contribution in [0.25, 0.3) is 0 Å². The lowest BCUT2D eigenvalue weighted by atomic mass is 10.2. The highest BCUT2D eigenvalue weighted by atomic mass is 32.1. The number of carbonyl (C=O) groups is 1. The molecule has 0 aromatic heterocycles. The zero-order valence-corrected chi connectivity index (χ0v) is 21.1. The zero-order chi connectivity index (χ0) is 25.7. The molecule has 0 spiro atoms. The molecular formula is C30H28N2O4S. The molecule has 0 saturated carbocycles. The van der Waals surface area contributed by atoms with Crippen LogP contribution in [0.2, 0.25) is 0 Å². The molecule has 0 fully saturated rings. The number of hydrogen-bond acceptors (Lipinski definition) is 5. The summed E-state index contributed by atoms with van der Waals surface area (Å²) in [4.78, 5) is 12.8. The lowest BCUT2D eigenvalue weighted by Gasteiger charge is -2.15. The molecule has 0 unspecified atom stereocenters. The van der Waals surface area contributed by atoms with Crippen molar-refractivity contribution in [1.29, 1.82) is 0 Å². The van der Waals surface area contributed by atoms with E-state index in [4.69, 9.17) is 26.4 Å². The minimum absolute atomic E-state index is 0.164. The quantitative estimate of drug-likeness (QED) is 0.193. The molecule has 0 aliphatic heterocycles. The van der Waals surface area contributed by atoms with Crippen molar-refractivity contribution >= 4 is 28.9 Å². The summed E-state index contributed by atoms with van der Waals surface area (Å²) < 4.78 is 17.4. The topological polar surface area (TPSA) is 68.8 Å². The van der Waals surface area contributed by atoms with E-state index < -0.39 is 0 Å². The molecule has 0 heterocycles. The summed E-state index contributed by atoms with van der Waals surface area (Å²) in [5.74, 6) is 1.68. The van der Waals surface area contributed by atoms with Crippen LogP contribution in [0, 0.1) is 0 Å². The Hall–Kier alpha value is -4.36. The molecule has 4 rings (SSSR count). The van der Waals surface area contributed by atoms with Crippen molar-refractivity contribution < 1.29 is 19.0 Å². The Balaban J connectivity index is 1.26. The number of nitrogens with one attached hydrogen (secondary N) is 2. The first-order valence-corrected chi connectivity index (χ1v) is 12.4. The van der Waals surface area contributed by atoms with Gasteiger partial charge in [0.05, 0.1) is 12.3 Å². The van der Waals surface area contributed by atoms with Crippen molar-refractivity contribution in [2.24, 2.45) is 0 Å². The van der Waals surface area contributed by atoms with E-state index in [2.05, 4.69) is 22.8 Å². The fourth-order valence-corrected chi connectivity index (χ4v) is 3.71. The monoisotopic (exact) mass is 512 g/mol. The Morgan fingerprint density at radius 2 is 1.32 bits per heavy atom. The number of benzene rings is 4. The molecule has 188 valence electrons. The van der Waals surface area contributed by atoms with Crippen molar-refractivity contribution in [3.63, 3.8) is 0 Å². The van der Waals surface area contributed by atoms with E-state index in [9.17, 15) is 4.79 Å². The largest absolute Gasteiger partial charge is 0.493 e. The second-order valence-corrected chi connectivity index (χ2v) is 8.43. The first-order valence-electron chi connectivity index (χ1n) is 12.0. The molecule has 2 N–H and O–H groups in total. The molecule has 4 aromatic carbocycles. The van der Waals surface area contributed by atoms with E-state index in [1.54, 1.807) is 18.2 Å². The summed E-state index contributed by atoms with van der Waals surface area (Å²) in [6.07, 6.45) is 0.783. The molecule has 7 heteroatoms. The zero-order valence-electron chi connectivity index (χ0n) is 20.3. The maximum atomic E-state index is 12.8. The van der Waals surface area contributed by atoms with Crippen molar-refractivity contribution in [2.45, 2.75) is 6.42 Å². The Bertz CT molecular complexity index is 1300. The summed E-state index contributed by atoms with van der Waals surface area (Å²) in [6.45, 7) is 1.26. The van der Waals surface area contributed by atoms with Crippen molar-refractivity contribution in [2.75, 3.05) is 25.1 Å². The molecule has 1 amide bonds. The third-order valence-electron chi connectivity index (χ3n) is 5.31. The Morgan fingerprint density at radius 1 is 0.676 bits per heavy atom. The molecule has 37 heavy (non-hydrogen) atoms. The Labute approximate surface area is 222 Å². The summed E-state index contributed by atoms with van der Waals surface area (Å²) in [7, 11) is 0. The van der Waals surface area contributed by atoms with Gasteiger partial charge in [-0.15, -0.1) is 0 Å². The molecule has 0 aliphatic rings. The summed E-state index contributed by atoms with van der Waals surface area (Å²) in [6, 6.07) is 34.1. The standard InChI is InChI=1S/C30H28N2O4S/c33-29(24-12-9-15-26(22-24)34-19-18-23-10-3-1-4-11-23)32-30(37)31-27-16-7-8-17-28(27)36-21-20-35-25-13-5-2-6-14-25/h1-17,22H,18-21H2,(H2,31,32,33,37). The third-order valence-corrected chi connectivity index (χ3v) is 5.52. The van der Waals surface area contributed by atoms with Gasteiger partial charge in [0.1, 0.15) is 30.5 Å². The SMILES string of the molecule is O=C(NC(=S)Nc1ccccc1OCCOc1ccccc1)c1cccc(OCCc2ccccc2)c1. The van der Waals surface area contributed by atoms with Crippen LogP contribution in [0.5, 0.6) is 17.2 Å². The van der Waals surface area contributed by atoms with Gasteiger partial charge in [0, 0.05) is 12.0 Å². The van der Waals surface area contributed by atoms with E-state index in [-0.39, 0.29) is 11.0 Å². The number of anilines is 1. The average molecular weight is 513 g/mol. The first-order chi connectivity index (χ1) is 18.2. The minimum atomic E-state index is -0.333. The smallest absolute Gasteiger partial charge is 0.257 e. The van der Waals surface area contributed by atoms with Crippen molar-refractivity contribution in [3.8, 4) is 17.2 Å². The van der Waals surface area contributed by atoms with Gasteiger partial charge >= 0.3 is 0 Å². The van der Waals surface area contributed by atoms with Gasteiger partial charge in [0.2, 0.25) is 0 Å². The van der Waals surface area contributed by atoms with Gasteiger partial charge in [0.15, 0.2) is 5.11 Å². The van der Waals surface area contributed by atoms with Gasteiger partial charge in [-0.3, -0.25) is 10.1 Å². The molecule has 0 bridgehead atoms. The normalized spacial score (nSPS) is 10.3. The lowest BCUT2D eigenvalue weighted by molar-refractivity contribution is 0.0977. The van der Waals surface area contributed by atoms with Crippen LogP contribution in [-0.2, 0) is 6.42 Å². The van der Waals surface area contributed by atoms with Gasteiger partial charge in [-0.2, -0.15) is 0 Å². The van der Waals surface area contributed by atoms with E-state index in [1.165, 1.54) is 5.56 Å². The predicted molar refractivity (Wildman–Crippen MR) is 150 cm³/mol. The molecule has 0 saturated heterocycles. The van der Waals surface area contributed by atoms with Crippen LogP contribution in [0.4, 0.5) is 5.69 Å². The first kappa shape index (κ1) is 25.7. The molecule has 0 atom stereocenters. The van der Waals surface area contributed by atoms with Crippen LogP contribution >= 0.6 is 12.2 Å². The van der Waals surface area contributed by atoms with Crippen LogP contribution in [0.3, 0.4) is 0 Å². The number of ether oxygens (including phenoxy) is 3. The molecule has 6 nitrogen and oxygen atoms in total. The highest BCUT2D eigenvalue weighted by molar-refractivity contribution is 7.80. The van der Waals surface area contributed by atoms with Crippen LogP contribution in [-0.4, -0.2) is 30.8 Å². The molecule has 0 aliphatic carbocycles. The van der Waals surface area contributed by atoms with Crippen LogP contribution < -0.4 is 24.8 Å². The third kappa shape index (κ3) is 8.37. The highest BCUT2D eigenvalue weighted by Crippen LogP contribution is 2.24. The number of amides is 1. The summed E-state index contributed by atoms with van der Waals surface area (Å²) in [5, 5.41) is 5.92. The Kier molecular flexibility index (Phi) is 9.49. The van der Waals surface area contributed by atoms with E-state index in [0.717, 1.165) is 12.2 Å². The average Bonchev–Trinajstić information content (AvgIpc) is 2.93. The van der Waals surface area contributed by atoms with E-state index in [0.29, 0.717) is 42.6 Å². The number of thiocarbonyl (C=S) groups is 1. The number of carbonyl (C=O) groups excluding carboxylic acids is 1. The number of hydrogen-bond donors (Lipinski definition) is 2. The van der Waals surface area contributed by atoms with E-state index in [1.807, 2.05) is 78.9 Å². The maximum absolute atomic E-state index is 12.8. The van der Waals surface area contributed by atoms with Crippen molar-refractivity contribution in [3.05, 3.63) is 120 Å². The fraction of sp³-hybridized carbons (Fsp3) is 0.133. The lowest BCUT2D eigenvalue weighted by Crippen LogP contribution is -2.34. The second kappa shape index (κ2) is 13.7. The van der Waals surface area contributed by atoms with Crippen LogP contribution in [0.15, 0.2) is 109 Å². The van der Waals surface area contributed by atoms with Gasteiger partial charge in [-0.25, -0.2) is 0 Å². The number of rotatable bonds is 11. The van der Waals surface area contributed by atoms with E-state index >= 15 is 0 Å². The van der Waals surface area contributed by atoms with Gasteiger partial charge < -0.3 is 19.5 Å². The van der Waals surface area contributed by atoms with Gasteiger partial charge in [-0.1, -0.05) is 66.7 Å². The predicted octanol–water partition coefficient (Wildman–Crippen LogP) is 5.89. The molecule has 0 radical (unpaired) electrons. The van der Waals surface area contributed by atoms with Crippen LogP contribution in [0.1, 0.15) is 15.9 Å². The highest BCUT2D eigenvalue weighted by Gasteiger charge is 2.11. The summed E-state index contributed by atoms with van der Waals surface area (Å²) >= 11 is 5.37. The molecule has 4 aromatic rings. The maximum Gasteiger partial charge on any atom is 0.257 e. The van der Waals surface area contributed by atoms with Crippen molar-refractivity contribution in [1.82, 2.24) is 5.32 Å². The van der Waals surface area contributed by atoms with Gasteiger partial charge in [0.25, 0.3) is 5.91 Å². The molecular weight excluding hydrogens is 484 g/mol. The fourth-order valence-electron chi connectivity index (χ4n) is 3.51. The minimum Gasteiger partial charge on any atom is -0.493 e. The Morgan fingerprint density at radius 3 is 2.14 bits per heavy atom.